The third-order valence-electron chi connectivity index (χ3n) is 0.737. The molecule has 0 rings (SSSR count). The molecule has 0 fully saturated rings. The molecule has 0 aromatic heterocycles. The van der Waals surface area contributed by atoms with E-state index in [9.17, 15) is 4.79 Å². The lowest BCUT2D eigenvalue weighted by Crippen LogP contribution is -2.30. The third-order valence-corrected chi connectivity index (χ3v) is 0.956. The van der Waals surface area contributed by atoms with Gasteiger partial charge in [-0.15, -0.1) is 24.0 Å². The number of nitrogens with two attached hydrogens (primary N) is 1. The Bertz CT molecular complexity index is 88.6. The summed E-state index contributed by atoms with van der Waals surface area (Å²) in [6.07, 6.45) is 0.330. The molecule has 0 saturated heterocycles. The Balaban J connectivity index is 0. The van der Waals surface area contributed by atoms with Crippen LogP contribution in [-0.2, 0) is 4.79 Å². The molecule has 9 heavy (non-hydrogen) atoms. The van der Waals surface area contributed by atoms with E-state index in [1.165, 1.54) is 0 Å². The number of halogens is 2. The Hall–Kier alpha value is 0.01000. The Morgan fingerprint density at radius 1 is 1.78 bits per heavy atom. The molecule has 0 aromatic rings. The first kappa shape index (κ1) is 11.8. The molecule has 0 radical (unpaired) electrons. The number of carbonyl (C=O) groups is 1. The molecule has 5 heteroatoms. The first-order valence-corrected chi connectivity index (χ1v) is 2.76. The standard InChI is InChI=1S/C4H8ClNO2.ClH/c5-2-1-3(6)4(7)8;/h3H,1-2,6H2,(H,7,8);1H. The van der Waals surface area contributed by atoms with Crippen molar-refractivity contribution in [3.8, 4) is 0 Å². The van der Waals surface area contributed by atoms with Crippen molar-refractivity contribution in [3.05, 3.63) is 0 Å². The highest BCUT2D eigenvalue weighted by atomic mass is 35.5. The van der Waals surface area contributed by atoms with Crippen molar-refractivity contribution in [2.45, 2.75) is 12.5 Å². The van der Waals surface area contributed by atoms with Crippen LogP contribution in [-0.4, -0.2) is 23.0 Å². The third kappa shape index (κ3) is 5.89. The number of carboxylic acids is 1. The Morgan fingerprint density at radius 2 is 2.22 bits per heavy atom. The minimum atomic E-state index is -0.995. The van der Waals surface area contributed by atoms with Crippen LogP contribution in [0.2, 0.25) is 0 Å². The van der Waals surface area contributed by atoms with Gasteiger partial charge in [0.15, 0.2) is 0 Å². The van der Waals surface area contributed by atoms with E-state index in [2.05, 4.69) is 0 Å². The lowest BCUT2D eigenvalue weighted by atomic mass is 10.2. The van der Waals surface area contributed by atoms with Crippen molar-refractivity contribution in [1.82, 2.24) is 0 Å². The van der Waals surface area contributed by atoms with Gasteiger partial charge in [-0.05, 0) is 6.42 Å². The molecule has 3 nitrogen and oxygen atoms in total. The summed E-state index contributed by atoms with van der Waals surface area (Å²) in [4.78, 5) is 9.91. The minimum Gasteiger partial charge on any atom is -0.480 e. The van der Waals surface area contributed by atoms with E-state index in [4.69, 9.17) is 22.4 Å². The van der Waals surface area contributed by atoms with Gasteiger partial charge in [0.1, 0.15) is 6.04 Å². The summed E-state index contributed by atoms with van der Waals surface area (Å²) in [5.74, 6) is -0.696. The van der Waals surface area contributed by atoms with Gasteiger partial charge in [-0.3, -0.25) is 4.79 Å². The molecule has 56 valence electrons. The van der Waals surface area contributed by atoms with Gasteiger partial charge in [0, 0.05) is 5.88 Å². The molecule has 0 spiro atoms. The zero-order valence-electron chi connectivity index (χ0n) is 4.71. The average Bonchev–Trinajstić information content (AvgIpc) is 1.67. The van der Waals surface area contributed by atoms with E-state index in [1.54, 1.807) is 0 Å². The quantitative estimate of drug-likeness (QED) is 0.610. The lowest BCUT2D eigenvalue weighted by Gasteiger charge is -1.99. The van der Waals surface area contributed by atoms with E-state index in [1.807, 2.05) is 0 Å². The first-order valence-electron chi connectivity index (χ1n) is 2.23. The largest absolute Gasteiger partial charge is 0.480 e. The van der Waals surface area contributed by atoms with Gasteiger partial charge in [0.25, 0.3) is 0 Å². The van der Waals surface area contributed by atoms with Crippen LogP contribution in [0.5, 0.6) is 0 Å². The van der Waals surface area contributed by atoms with Crippen LogP contribution >= 0.6 is 24.0 Å². The maximum absolute atomic E-state index is 9.91. The zero-order valence-corrected chi connectivity index (χ0v) is 6.28. The number of hydrogen-bond donors (Lipinski definition) is 2. The Morgan fingerprint density at radius 3 is 2.33 bits per heavy atom. The molecule has 0 aliphatic carbocycles. The van der Waals surface area contributed by atoms with Crippen molar-refractivity contribution in [2.24, 2.45) is 5.73 Å². The number of rotatable bonds is 3. The normalized spacial score (nSPS) is 11.8. The second kappa shape index (κ2) is 6.13. The van der Waals surface area contributed by atoms with Gasteiger partial charge in [-0.1, -0.05) is 0 Å². The van der Waals surface area contributed by atoms with Crippen LogP contribution in [0.3, 0.4) is 0 Å². The molecule has 0 heterocycles. The van der Waals surface area contributed by atoms with Crippen LogP contribution in [0.1, 0.15) is 6.42 Å². The summed E-state index contributed by atoms with van der Waals surface area (Å²) >= 11 is 5.20. The van der Waals surface area contributed by atoms with Gasteiger partial charge in [0.2, 0.25) is 0 Å². The highest BCUT2D eigenvalue weighted by Crippen LogP contribution is 1.89. The molecule has 0 aliphatic rings. The zero-order chi connectivity index (χ0) is 6.57. The van der Waals surface area contributed by atoms with Gasteiger partial charge >= 0.3 is 5.97 Å². The second-order valence-corrected chi connectivity index (χ2v) is 1.80. The maximum Gasteiger partial charge on any atom is 0.320 e. The van der Waals surface area contributed by atoms with E-state index in [0.29, 0.717) is 12.3 Å². The summed E-state index contributed by atoms with van der Waals surface area (Å²) < 4.78 is 0. The molecule has 0 saturated carbocycles. The summed E-state index contributed by atoms with van der Waals surface area (Å²) in [5.41, 5.74) is 5.04. The summed E-state index contributed by atoms with van der Waals surface area (Å²) in [7, 11) is 0. The lowest BCUT2D eigenvalue weighted by molar-refractivity contribution is -0.138. The number of carboxylic acid groups (broad SMARTS) is 1. The monoisotopic (exact) mass is 173 g/mol. The Labute approximate surface area is 64.6 Å². The highest BCUT2D eigenvalue weighted by molar-refractivity contribution is 6.18. The molecular formula is C4H9Cl2NO2. The minimum absolute atomic E-state index is 0. The van der Waals surface area contributed by atoms with Gasteiger partial charge < -0.3 is 10.8 Å². The molecule has 1 unspecified atom stereocenters. The van der Waals surface area contributed by atoms with Crippen LogP contribution in [0.4, 0.5) is 0 Å². The van der Waals surface area contributed by atoms with E-state index in [0.717, 1.165) is 0 Å². The van der Waals surface area contributed by atoms with Gasteiger partial charge in [-0.25, -0.2) is 0 Å². The fourth-order valence-electron chi connectivity index (χ4n) is 0.241. The average molecular weight is 174 g/mol. The van der Waals surface area contributed by atoms with Gasteiger partial charge in [0.05, 0.1) is 0 Å². The predicted molar refractivity (Wildman–Crippen MR) is 38.2 cm³/mol. The summed E-state index contributed by atoms with van der Waals surface area (Å²) in [6.45, 7) is 0. The molecule has 3 N–H and O–H groups in total. The van der Waals surface area contributed by atoms with E-state index >= 15 is 0 Å². The van der Waals surface area contributed by atoms with Gasteiger partial charge in [-0.2, -0.15) is 0 Å². The fourth-order valence-corrected chi connectivity index (χ4v) is 0.476. The Kier molecular flexibility index (Phi) is 8.02. The van der Waals surface area contributed by atoms with Crippen molar-refractivity contribution < 1.29 is 9.90 Å². The predicted octanol–water partition coefficient (Wildman–Crippen LogP) is 0.449. The fraction of sp³-hybridized carbons (Fsp3) is 0.750. The summed E-state index contributed by atoms with van der Waals surface area (Å²) in [6, 6.07) is -0.799. The van der Waals surface area contributed by atoms with Crippen LogP contribution in [0.25, 0.3) is 0 Å². The molecule has 0 bridgehead atoms. The molecule has 0 amide bonds. The molecule has 0 aliphatic heterocycles. The van der Waals surface area contributed by atoms with Crippen LogP contribution in [0, 0.1) is 0 Å². The topological polar surface area (TPSA) is 63.3 Å². The smallest absolute Gasteiger partial charge is 0.320 e. The van der Waals surface area contributed by atoms with Crippen LogP contribution < -0.4 is 5.73 Å². The first-order chi connectivity index (χ1) is 3.68. The number of aliphatic carboxylic acids is 1. The van der Waals surface area contributed by atoms with Crippen molar-refractivity contribution in [3.63, 3.8) is 0 Å². The highest BCUT2D eigenvalue weighted by Gasteiger charge is 2.08. The molecule has 1 atom stereocenters. The van der Waals surface area contributed by atoms with Crippen LogP contribution in [0.15, 0.2) is 0 Å². The maximum atomic E-state index is 9.91. The molecule has 0 aromatic carbocycles. The van der Waals surface area contributed by atoms with E-state index < -0.39 is 12.0 Å². The van der Waals surface area contributed by atoms with Crippen molar-refractivity contribution >= 4 is 30.0 Å². The summed E-state index contributed by atoms with van der Waals surface area (Å²) in [5, 5.41) is 8.13. The molecular weight excluding hydrogens is 165 g/mol. The SMILES string of the molecule is Cl.NC(CCCl)C(=O)O. The van der Waals surface area contributed by atoms with Crippen molar-refractivity contribution in [1.29, 1.82) is 0 Å². The van der Waals surface area contributed by atoms with E-state index in [-0.39, 0.29) is 12.4 Å². The van der Waals surface area contributed by atoms with Crippen molar-refractivity contribution in [2.75, 3.05) is 5.88 Å². The number of alkyl halides is 1. The number of hydrogen-bond acceptors (Lipinski definition) is 2. The second-order valence-electron chi connectivity index (χ2n) is 1.42.